The molecule has 4 nitrogen and oxygen atoms in total. The molecule has 22 heavy (non-hydrogen) atoms. The van der Waals surface area contributed by atoms with Gasteiger partial charge in [-0.3, -0.25) is 4.79 Å². The number of rotatable bonds is 3. The third-order valence-electron chi connectivity index (χ3n) is 2.63. The minimum Gasteiger partial charge on any atom is -0.506 e. The maximum Gasteiger partial charge on any atom is 0.271 e. The van der Waals surface area contributed by atoms with E-state index in [4.69, 9.17) is 0 Å². The molecule has 8 heteroatoms. The van der Waals surface area contributed by atoms with Crippen molar-refractivity contribution in [3.05, 3.63) is 59.3 Å². The molecule has 1 amide bonds. The van der Waals surface area contributed by atoms with Gasteiger partial charge in [-0.1, -0.05) is 37.9 Å². The zero-order chi connectivity index (χ0) is 16.3. The molecule has 0 aromatic heterocycles. The van der Waals surface area contributed by atoms with E-state index in [-0.39, 0.29) is 11.7 Å². The van der Waals surface area contributed by atoms with Crippen LogP contribution in [0.25, 0.3) is 0 Å². The molecule has 0 heterocycles. The lowest BCUT2D eigenvalue weighted by atomic mass is 10.2. The van der Waals surface area contributed by atoms with Crippen molar-refractivity contribution in [2.24, 2.45) is 5.10 Å². The van der Waals surface area contributed by atoms with Crippen molar-refractivity contribution in [2.45, 2.75) is 0 Å². The molecule has 0 saturated heterocycles. The number of phenolic OH excluding ortho intramolecular Hbond substituents is 1. The van der Waals surface area contributed by atoms with Crippen molar-refractivity contribution in [2.75, 3.05) is 0 Å². The van der Waals surface area contributed by atoms with E-state index in [1.54, 1.807) is 24.3 Å². The van der Waals surface area contributed by atoms with Gasteiger partial charge in [0.2, 0.25) is 0 Å². The maximum atomic E-state index is 12.0. The van der Waals surface area contributed by atoms with Gasteiger partial charge in [0.1, 0.15) is 5.75 Å². The number of nitrogens with one attached hydrogen (secondary N) is 1. The number of nitrogens with zero attached hydrogens (tertiary/aromatic N) is 1. The van der Waals surface area contributed by atoms with Crippen LogP contribution >= 0.6 is 63.7 Å². The fourth-order valence-electron chi connectivity index (χ4n) is 1.56. The Bertz CT molecular complexity index is 763. The summed E-state index contributed by atoms with van der Waals surface area (Å²) in [5, 5.41) is 13.8. The van der Waals surface area contributed by atoms with Crippen molar-refractivity contribution in [1.82, 2.24) is 5.43 Å². The number of halogens is 4. The van der Waals surface area contributed by atoms with Gasteiger partial charge in [0.05, 0.1) is 15.2 Å². The molecule has 0 aliphatic heterocycles. The smallest absolute Gasteiger partial charge is 0.271 e. The normalized spacial score (nSPS) is 10.9. The van der Waals surface area contributed by atoms with Crippen LogP contribution < -0.4 is 5.43 Å². The van der Waals surface area contributed by atoms with E-state index < -0.39 is 0 Å². The predicted octanol–water partition coefficient (Wildman–Crippen LogP) is 5.21. The van der Waals surface area contributed by atoms with Crippen molar-refractivity contribution < 1.29 is 9.90 Å². The third-order valence-corrected chi connectivity index (χ3v) is 5.18. The van der Waals surface area contributed by atoms with E-state index in [0.29, 0.717) is 24.5 Å². The van der Waals surface area contributed by atoms with Crippen LogP contribution in [0, 0.1) is 0 Å². The van der Waals surface area contributed by atoms with Gasteiger partial charge in [0.15, 0.2) is 0 Å². The Morgan fingerprint density at radius 3 is 2.55 bits per heavy atom. The average Bonchev–Trinajstić information content (AvgIpc) is 2.48. The lowest BCUT2D eigenvalue weighted by molar-refractivity contribution is 0.0955. The van der Waals surface area contributed by atoms with Crippen LogP contribution in [0.3, 0.4) is 0 Å². The standard InChI is InChI=1S/C14H8Br4N2O2/c15-8-3-1-2-7(4-8)14(22)20-19-6-9-10(16)5-11(17)13(21)12(9)18/h1-6,21H,(H,20,22). The van der Waals surface area contributed by atoms with E-state index in [1.807, 2.05) is 6.07 Å². The highest BCUT2D eigenvalue weighted by atomic mass is 79.9. The Labute approximate surface area is 160 Å². The van der Waals surface area contributed by atoms with Gasteiger partial charge in [-0.15, -0.1) is 0 Å². The first-order valence-corrected chi connectivity index (χ1v) is 9.02. The van der Waals surface area contributed by atoms with Gasteiger partial charge in [0, 0.05) is 20.1 Å². The summed E-state index contributed by atoms with van der Waals surface area (Å²) in [6.45, 7) is 0. The molecule has 2 N–H and O–H groups in total. The minimum absolute atomic E-state index is 0.0583. The average molecular weight is 556 g/mol. The summed E-state index contributed by atoms with van der Waals surface area (Å²) < 4.78 is 2.53. The van der Waals surface area contributed by atoms with Gasteiger partial charge < -0.3 is 5.11 Å². The van der Waals surface area contributed by atoms with Crippen molar-refractivity contribution in [3.63, 3.8) is 0 Å². The van der Waals surface area contributed by atoms with Gasteiger partial charge in [0.25, 0.3) is 5.91 Å². The number of hydrazone groups is 1. The predicted molar refractivity (Wildman–Crippen MR) is 100 cm³/mol. The van der Waals surface area contributed by atoms with Gasteiger partial charge in [-0.25, -0.2) is 5.43 Å². The van der Waals surface area contributed by atoms with Crippen LogP contribution in [-0.2, 0) is 0 Å². The molecule has 0 radical (unpaired) electrons. The van der Waals surface area contributed by atoms with Crippen LogP contribution in [0.2, 0.25) is 0 Å². The first-order chi connectivity index (χ1) is 10.4. The van der Waals surface area contributed by atoms with Crippen LogP contribution in [0.15, 0.2) is 53.3 Å². The summed E-state index contributed by atoms with van der Waals surface area (Å²) in [6, 6.07) is 8.67. The molecule has 2 aromatic rings. The summed E-state index contributed by atoms with van der Waals surface area (Å²) in [4.78, 5) is 12.0. The number of carbonyl (C=O) groups is 1. The Morgan fingerprint density at radius 1 is 1.14 bits per heavy atom. The molecule has 114 valence electrons. The summed E-state index contributed by atoms with van der Waals surface area (Å²) in [5.74, 6) is -0.269. The fraction of sp³-hybridized carbons (Fsp3) is 0. The molecule has 0 bridgehead atoms. The van der Waals surface area contributed by atoms with E-state index in [1.165, 1.54) is 6.21 Å². The van der Waals surface area contributed by atoms with E-state index >= 15 is 0 Å². The Morgan fingerprint density at radius 2 is 1.86 bits per heavy atom. The number of aromatic hydroxyl groups is 1. The van der Waals surface area contributed by atoms with Crippen molar-refractivity contribution in [3.8, 4) is 5.75 Å². The largest absolute Gasteiger partial charge is 0.506 e. The number of phenols is 1. The minimum atomic E-state index is -0.328. The lowest BCUT2D eigenvalue weighted by Gasteiger charge is -2.06. The molecular formula is C14H8Br4N2O2. The molecule has 0 aliphatic carbocycles. The van der Waals surface area contributed by atoms with E-state index in [9.17, 15) is 9.90 Å². The highest BCUT2D eigenvalue weighted by molar-refractivity contribution is 9.11. The molecule has 2 aromatic carbocycles. The molecule has 0 aliphatic rings. The zero-order valence-electron chi connectivity index (χ0n) is 10.8. The number of amides is 1. The summed E-state index contributed by atoms with van der Waals surface area (Å²) in [7, 11) is 0. The summed E-state index contributed by atoms with van der Waals surface area (Å²) in [6.07, 6.45) is 1.44. The summed E-state index contributed by atoms with van der Waals surface area (Å²) >= 11 is 13.2. The molecule has 0 atom stereocenters. The Kier molecular flexibility index (Phi) is 6.19. The van der Waals surface area contributed by atoms with Crippen molar-refractivity contribution in [1.29, 1.82) is 0 Å². The quantitative estimate of drug-likeness (QED) is 0.404. The number of hydrogen-bond donors (Lipinski definition) is 2. The molecule has 0 saturated carbocycles. The van der Waals surface area contributed by atoms with Crippen molar-refractivity contribution >= 4 is 75.8 Å². The Balaban J connectivity index is 2.17. The van der Waals surface area contributed by atoms with Crippen LogP contribution in [0.4, 0.5) is 0 Å². The van der Waals surface area contributed by atoms with Crippen LogP contribution in [0.1, 0.15) is 15.9 Å². The summed E-state index contributed by atoms with van der Waals surface area (Å²) in [5.41, 5.74) is 3.53. The van der Waals surface area contributed by atoms with Gasteiger partial charge in [-0.05, 0) is 56.1 Å². The first kappa shape index (κ1) is 17.7. The van der Waals surface area contributed by atoms with Crippen LogP contribution in [-0.4, -0.2) is 17.2 Å². The SMILES string of the molecule is O=C(NN=Cc1c(Br)cc(Br)c(O)c1Br)c1cccc(Br)c1. The molecular weight excluding hydrogens is 548 g/mol. The number of carbonyl (C=O) groups excluding carboxylic acids is 1. The second-order valence-electron chi connectivity index (χ2n) is 4.13. The molecule has 0 unspecified atom stereocenters. The second kappa shape index (κ2) is 7.72. The maximum absolute atomic E-state index is 12.0. The van der Waals surface area contributed by atoms with E-state index in [0.717, 1.165) is 4.47 Å². The number of benzene rings is 2. The highest BCUT2D eigenvalue weighted by Gasteiger charge is 2.12. The second-order valence-corrected chi connectivity index (χ2v) is 7.54. The number of hydrogen-bond acceptors (Lipinski definition) is 3. The monoisotopic (exact) mass is 552 g/mol. The van der Waals surface area contributed by atoms with Crippen LogP contribution in [0.5, 0.6) is 5.75 Å². The lowest BCUT2D eigenvalue weighted by Crippen LogP contribution is -2.17. The third kappa shape index (κ3) is 4.18. The highest BCUT2D eigenvalue weighted by Crippen LogP contribution is 2.38. The molecule has 0 fully saturated rings. The van der Waals surface area contributed by atoms with Gasteiger partial charge in [-0.2, -0.15) is 5.10 Å². The van der Waals surface area contributed by atoms with E-state index in [2.05, 4.69) is 74.2 Å². The zero-order valence-corrected chi connectivity index (χ0v) is 17.1. The topological polar surface area (TPSA) is 61.7 Å². The molecule has 0 spiro atoms. The molecule has 2 rings (SSSR count). The fourth-order valence-corrected chi connectivity index (χ4v) is 4.29. The first-order valence-electron chi connectivity index (χ1n) is 5.85. The van der Waals surface area contributed by atoms with Gasteiger partial charge >= 0.3 is 0 Å². The Hall–Kier alpha value is -0.700.